The quantitative estimate of drug-likeness (QED) is 0.431. The molecule has 0 fully saturated rings. The van der Waals surface area contributed by atoms with Crippen molar-refractivity contribution < 1.29 is 13.2 Å². The summed E-state index contributed by atoms with van der Waals surface area (Å²) in [4.78, 5) is 7.84. The molecule has 0 amide bonds. The van der Waals surface area contributed by atoms with Crippen molar-refractivity contribution in [1.82, 2.24) is 15.6 Å². The Morgan fingerprint density at radius 1 is 1.23 bits per heavy atom. The number of unbranched alkanes of at least 4 members (excludes halogenated alkanes) is 3. The van der Waals surface area contributed by atoms with Gasteiger partial charge in [-0.25, -0.2) is 9.98 Å². The maximum absolute atomic E-state index is 12.5. The molecular formula is C14H23F3N4S. The molecular weight excluding hydrogens is 313 g/mol. The van der Waals surface area contributed by atoms with Crippen molar-refractivity contribution in [1.29, 1.82) is 0 Å². The zero-order chi connectivity index (χ0) is 16.4. The number of halogens is 3. The summed E-state index contributed by atoms with van der Waals surface area (Å²) >= 11 is 0.978. The van der Waals surface area contributed by atoms with Gasteiger partial charge in [-0.3, -0.25) is 0 Å². The van der Waals surface area contributed by atoms with E-state index in [1.807, 2.05) is 6.92 Å². The molecule has 126 valence electrons. The summed E-state index contributed by atoms with van der Waals surface area (Å²) in [7, 11) is 0. The molecule has 1 aromatic heterocycles. The fraction of sp³-hybridized carbons (Fsp3) is 0.714. The predicted octanol–water partition coefficient (Wildman–Crippen LogP) is 3.80. The zero-order valence-corrected chi connectivity index (χ0v) is 13.8. The smallest absolute Gasteiger partial charge is 0.357 e. The number of hydrogen-bond acceptors (Lipinski definition) is 3. The molecule has 22 heavy (non-hydrogen) atoms. The van der Waals surface area contributed by atoms with Crippen molar-refractivity contribution in [3.8, 4) is 0 Å². The van der Waals surface area contributed by atoms with E-state index in [4.69, 9.17) is 0 Å². The fourth-order valence-electron chi connectivity index (χ4n) is 1.76. The minimum absolute atomic E-state index is 0.144. The van der Waals surface area contributed by atoms with Crippen LogP contribution >= 0.6 is 11.3 Å². The van der Waals surface area contributed by atoms with Crippen LogP contribution in [0.2, 0.25) is 0 Å². The summed E-state index contributed by atoms with van der Waals surface area (Å²) in [6.45, 7) is 5.75. The average Bonchev–Trinajstić information content (AvgIpc) is 2.93. The lowest BCUT2D eigenvalue weighted by Crippen LogP contribution is -2.37. The maximum atomic E-state index is 12.5. The summed E-state index contributed by atoms with van der Waals surface area (Å²) in [6, 6.07) is 0. The molecule has 1 heterocycles. The van der Waals surface area contributed by atoms with Crippen LogP contribution in [0.25, 0.3) is 0 Å². The highest BCUT2D eigenvalue weighted by Gasteiger charge is 2.33. The molecule has 0 aliphatic rings. The second kappa shape index (κ2) is 9.66. The number of rotatable bonds is 8. The molecule has 0 radical (unpaired) electrons. The molecule has 0 unspecified atom stereocenters. The van der Waals surface area contributed by atoms with Crippen LogP contribution in [0, 0.1) is 0 Å². The van der Waals surface area contributed by atoms with Gasteiger partial charge in [-0.15, -0.1) is 11.3 Å². The number of aliphatic imine (C=N–C) groups is 1. The Morgan fingerprint density at radius 3 is 2.59 bits per heavy atom. The van der Waals surface area contributed by atoms with Gasteiger partial charge in [0.25, 0.3) is 0 Å². The minimum Gasteiger partial charge on any atom is -0.357 e. The van der Waals surface area contributed by atoms with Crippen LogP contribution in [0.1, 0.15) is 50.2 Å². The summed E-state index contributed by atoms with van der Waals surface area (Å²) < 4.78 is 37.4. The third-order valence-corrected chi connectivity index (χ3v) is 3.72. The second-order valence-corrected chi connectivity index (χ2v) is 5.75. The summed E-state index contributed by atoms with van der Waals surface area (Å²) in [5, 5.41) is 7.64. The van der Waals surface area contributed by atoms with E-state index in [0.29, 0.717) is 17.5 Å². The molecule has 2 N–H and O–H groups in total. The lowest BCUT2D eigenvalue weighted by atomic mass is 10.2. The van der Waals surface area contributed by atoms with E-state index in [1.165, 1.54) is 12.8 Å². The monoisotopic (exact) mass is 336 g/mol. The maximum Gasteiger partial charge on any atom is 0.434 e. The van der Waals surface area contributed by atoms with Gasteiger partial charge >= 0.3 is 6.18 Å². The molecule has 0 aromatic carbocycles. The van der Waals surface area contributed by atoms with Crippen LogP contribution < -0.4 is 10.6 Å². The first kappa shape index (κ1) is 18.7. The second-order valence-electron chi connectivity index (χ2n) is 4.81. The Balaban J connectivity index is 2.49. The lowest BCUT2D eigenvalue weighted by Gasteiger charge is -2.10. The van der Waals surface area contributed by atoms with E-state index in [9.17, 15) is 13.2 Å². The first-order valence-electron chi connectivity index (χ1n) is 7.51. The molecule has 0 atom stereocenters. The van der Waals surface area contributed by atoms with E-state index >= 15 is 0 Å². The van der Waals surface area contributed by atoms with Crippen LogP contribution in [0.5, 0.6) is 0 Å². The van der Waals surface area contributed by atoms with E-state index in [2.05, 4.69) is 27.5 Å². The molecule has 4 nitrogen and oxygen atoms in total. The van der Waals surface area contributed by atoms with Crippen molar-refractivity contribution in [3.63, 3.8) is 0 Å². The minimum atomic E-state index is -4.39. The van der Waals surface area contributed by atoms with E-state index < -0.39 is 11.9 Å². The van der Waals surface area contributed by atoms with Gasteiger partial charge in [0.05, 0.1) is 6.54 Å². The van der Waals surface area contributed by atoms with E-state index in [-0.39, 0.29) is 6.54 Å². The first-order valence-corrected chi connectivity index (χ1v) is 8.39. The topological polar surface area (TPSA) is 49.3 Å². The lowest BCUT2D eigenvalue weighted by molar-refractivity contribution is -0.140. The third kappa shape index (κ3) is 7.11. The van der Waals surface area contributed by atoms with Gasteiger partial charge in [0.15, 0.2) is 11.7 Å². The summed E-state index contributed by atoms with van der Waals surface area (Å²) in [5.74, 6) is 0.614. The van der Waals surface area contributed by atoms with Crippen LogP contribution in [0.4, 0.5) is 13.2 Å². The highest BCUT2D eigenvalue weighted by Crippen LogP contribution is 2.30. The Hall–Kier alpha value is -1.31. The molecule has 0 saturated carbocycles. The molecule has 1 rings (SSSR count). The summed E-state index contributed by atoms with van der Waals surface area (Å²) in [6.07, 6.45) is 0.201. The van der Waals surface area contributed by atoms with Gasteiger partial charge in [0.1, 0.15) is 5.01 Å². The van der Waals surface area contributed by atoms with Gasteiger partial charge in [-0.1, -0.05) is 26.2 Å². The number of hydrogen-bond donors (Lipinski definition) is 2. The van der Waals surface area contributed by atoms with Gasteiger partial charge in [-0.2, -0.15) is 13.2 Å². The molecule has 0 aliphatic heterocycles. The van der Waals surface area contributed by atoms with Crippen LogP contribution in [0.15, 0.2) is 10.4 Å². The first-order chi connectivity index (χ1) is 10.5. The number of guanidine groups is 1. The van der Waals surface area contributed by atoms with Crippen LogP contribution in [0.3, 0.4) is 0 Å². The van der Waals surface area contributed by atoms with Gasteiger partial charge < -0.3 is 10.6 Å². The largest absolute Gasteiger partial charge is 0.434 e. The Labute approximate surface area is 133 Å². The molecule has 0 bridgehead atoms. The Bertz CT molecular complexity index is 457. The number of alkyl halides is 3. The standard InChI is InChI=1S/C14H23F3N4S/c1-3-5-6-7-8-19-13(18-4-2)20-9-12-21-11(10-22-12)14(15,16)17/h10H,3-9H2,1-2H3,(H2,18,19,20). The van der Waals surface area contributed by atoms with E-state index in [0.717, 1.165) is 36.1 Å². The van der Waals surface area contributed by atoms with Gasteiger partial charge in [0.2, 0.25) is 0 Å². The van der Waals surface area contributed by atoms with Crippen molar-refractivity contribution in [3.05, 3.63) is 16.1 Å². The SMILES string of the molecule is CCCCCCNC(=NCc1nc(C(F)(F)F)cs1)NCC. The molecule has 8 heteroatoms. The summed E-state index contributed by atoms with van der Waals surface area (Å²) in [5.41, 5.74) is -0.847. The van der Waals surface area contributed by atoms with Crippen molar-refractivity contribution in [2.75, 3.05) is 13.1 Å². The zero-order valence-electron chi connectivity index (χ0n) is 13.0. The molecule has 0 saturated heterocycles. The van der Waals surface area contributed by atoms with Gasteiger partial charge in [-0.05, 0) is 13.3 Å². The van der Waals surface area contributed by atoms with E-state index in [1.54, 1.807) is 0 Å². The molecule has 1 aromatic rings. The van der Waals surface area contributed by atoms with Crippen molar-refractivity contribution in [2.45, 2.75) is 52.3 Å². The predicted molar refractivity (Wildman–Crippen MR) is 84.1 cm³/mol. The van der Waals surface area contributed by atoms with Crippen LogP contribution in [-0.4, -0.2) is 24.0 Å². The number of thiazole rings is 1. The number of nitrogens with zero attached hydrogens (tertiary/aromatic N) is 2. The number of aromatic nitrogens is 1. The fourth-order valence-corrected chi connectivity index (χ4v) is 2.48. The van der Waals surface area contributed by atoms with Crippen LogP contribution in [-0.2, 0) is 12.7 Å². The third-order valence-electron chi connectivity index (χ3n) is 2.88. The molecule has 0 spiro atoms. The van der Waals surface area contributed by atoms with Crippen molar-refractivity contribution >= 4 is 17.3 Å². The molecule has 0 aliphatic carbocycles. The number of nitrogens with one attached hydrogen (secondary N) is 2. The normalized spacial score (nSPS) is 12.5. The average molecular weight is 336 g/mol. The van der Waals surface area contributed by atoms with Gasteiger partial charge in [0, 0.05) is 18.5 Å². The van der Waals surface area contributed by atoms with Crippen molar-refractivity contribution in [2.24, 2.45) is 4.99 Å². The Morgan fingerprint density at radius 2 is 2.00 bits per heavy atom. The highest BCUT2D eigenvalue weighted by atomic mass is 32.1. The Kier molecular flexibility index (Phi) is 8.22. The highest BCUT2D eigenvalue weighted by molar-refractivity contribution is 7.09.